The van der Waals surface area contributed by atoms with Crippen molar-refractivity contribution < 1.29 is 32.4 Å². The van der Waals surface area contributed by atoms with Crippen LogP contribution in [0, 0.1) is 0 Å². The molecule has 130 valence electrons. The summed E-state index contributed by atoms with van der Waals surface area (Å²) in [7, 11) is -4.80. The van der Waals surface area contributed by atoms with Gasteiger partial charge in [0.05, 0.1) is 6.42 Å². The first-order valence-corrected chi connectivity index (χ1v) is 9.11. The lowest BCUT2D eigenvalue weighted by atomic mass is 10.1. The van der Waals surface area contributed by atoms with Crippen LogP contribution in [0.4, 0.5) is 0 Å². The fraction of sp³-hybridized carbons (Fsp3) is 0.857. The standard InChI is InChI=1S/C14H26O7S/c1-3-5-6-7-9-11(8-4-2)21-14(17)12(10-13(15)16)22(18,19)20/h11-12H,3-10H2,1-2H3,(H,15,16)(H,18,19,20). The third-order valence-electron chi connectivity index (χ3n) is 3.26. The summed E-state index contributed by atoms with van der Waals surface area (Å²) in [4.78, 5) is 22.5. The van der Waals surface area contributed by atoms with Crippen LogP contribution in [0.15, 0.2) is 0 Å². The van der Waals surface area contributed by atoms with Gasteiger partial charge in [-0.2, -0.15) is 8.42 Å². The van der Waals surface area contributed by atoms with E-state index in [4.69, 9.17) is 14.4 Å². The molecule has 0 spiro atoms. The highest BCUT2D eigenvalue weighted by Gasteiger charge is 2.36. The van der Waals surface area contributed by atoms with E-state index in [0.717, 1.165) is 32.1 Å². The van der Waals surface area contributed by atoms with Gasteiger partial charge in [-0.3, -0.25) is 14.1 Å². The van der Waals surface area contributed by atoms with Gasteiger partial charge in [0.2, 0.25) is 0 Å². The highest BCUT2D eigenvalue weighted by molar-refractivity contribution is 7.87. The van der Waals surface area contributed by atoms with E-state index in [0.29, 0.717) is 12.8 Å². The second-order valence-corrected chi connectivity index (χ2v) is 6.90. The average molecular weight is 338 g/mol. The Morgan fingerprint density at radius 2 is 1.68 bits per heavy atom. The summed E-state index contributed by atoms with van der Waals surface area (Å²) in [5.41, 5.74) is 0. The van der Waals surface area contributed by atoms with Gasteiger partial charge in [0.25, 0.3) is 10.1 Å². The van der Waals surface area contributed by atoms with Crippen LogP contribution in [0.3, 0.4) is 0 Å². The third-order valence-corrected chi connectivity index (χ3v) is 4.33. The van der Waals surface area contributed by atoms with Gasteiger partial charge in [0, 0.05) is 0 Å². The van der Waals surface area contributed by atoms with Crippen molar-refractivity contribution in [2.24, 2.45) is 0 Å². The highest BCUT2D eigenvalue weighted by Crippen LogP contribution is 2.16. The Bertz CT molecular complexity index is 444. The number of carboxylic acids is 1. The molecule has 0 aliphatic rings. The summed E-state index contributed by atoms with van der Waals surface area (Å²) in [6, 6.07) is 0. The topological polar surface area (TPSA) is 118 Å². The van der Waals surface area contributed by atoms with Crippen LogP contribution in [0.1, 0.15) is 65.2 Å². The zero-order valence-electron chi connectivity index (χ0n) is 13.2. The second-order valence-electron chi connectivity index (χ2n) is 5.30. The predicted octanol–water partition coefficient (Wildman–Crippen LogP) is 2.40. The molecule has 0 heterocycles. The second kappa shape index (κ2) is 10.6. The average Bonchev–Trinajstić information content (AvgIpc) is 2.39. The molecule has 0 saturated carbocycles. The van der Waals surface area contributed by atoms with Crippen molar-refractivity contribution in [2.45, 2.75) is 76.6 Å². The van der Waals surface area contributed by atoms with Crippen molar-refractivity contribution in [1.82, 2.24) is 0 Å². The minimum Gasteiger partial charge on any atom is -0.481 e. The normalized spacial score (nSPS) is 14.3. The third kappa shape index (κ3) is 8.99. The number of carbonyl (C=O) groups excluding carboxylic acids is 1. The Hall–Kier alpha value is -1.15. The maximum Gasteiger partial charge on any atom is 0.327 e. The molecule has 0 aromatic rings. The minimum atomic E-state index is -4.80. The van der Waals surface area contributed by atoms with Gasteiger partial charge in [-0.25, -0.2) is 0 Å². The predicted molar refractivity (Wildman–Crippen MR) is 81.1 cm³/mol. The van der Waals surface area contributed by atoms with Crippen LogP contribution in [0.25, 0.3) is 0 Å². The quantitative estimate of drug-likeness (QED) is 0.318. The van der Waals surface area contributed by atoms with Crippen molar-refractivity contribution in [3.63, 3.8) is 0 Å². The first kappa shape index (κ1) is 20.9. The van der Waals surface area contributed by atoms with Crippen LogP contribution in [0.5, 0.6) is 0 Å². The molecule has 2 N–H and O–H groups in total. The van der Waals surface area contributed by atoms with Crippen molar-refractivity contribution in [1.29, 1.82) is 0 Å². The summed E-state index contributed by atoms with van der Waals surface area (Å²) in [6.45, 7) is 3.98. The van der Waals surface area contributed by atoms with E-state index in [-0.39, 0.29) is 0 Å². The number of unbranched alkanes of at least 4 members (excludes halogenated alkanes) is 3. The Labute approximate surface area is 131 Å². The van der Waals surface area contributed by atoms with Gasteiger partial charge in [0.1, 0.15) is 6.10 Å². The summed E-state index contributed by atoms with van der Waals surface area (Å²) < 4.78 is 36.4. The number of ether oxygens (including phenoxy) is 1. The maximum atomic E-state index is 11.9. The van der Waals surface area contributed by atoms with Crippen molar-refractivity contribution in [3.8, 4) is 0 Å². The molecule has 0 aromatic carbocycles. The van der Waals surface area contributed by atoms with E-state index in [1.165, 1.54) is 0 Å². The molecule has 0 rings (SSSR count). The molecule has 0 saturated heterocycles. The molecule has 0 fully saturated rings. The summed E-state index contributed by atoms with van der Waals surface area (Å²) in [5.74, 6) is -2.69. The molecular weight excluding hydrogens is 312 g/mol. The number of rotatable bonds is 12. The molecule has 0 aliphatic heterocycles. The summed E-state index contributed by atoms with van der Waals surface area (Å²) in [6.07, 6.45) is 4.45. The molecule has 0 aliphatic carbocycles. The Balaban J connectivity index is 4.71. The number of hydrogen-bond donors (Lipinski definition) is 2. The molecule has 2 atom stereocenters. The molecule has 7 nitrogen and oxygen atoms in total. The lowest BCUT2D eigenvalue weighted by molar-refractivity contribution is -0.152. The van der Waals surface area contributed by atoms with E-state index < -0.39 is 39.8 Å². The van der Waals surface area contributed by atoms with E-state index in [1.54, 1.807) is 0 Å². The smallest absolute Gasteiger partial charge is 0.327 e. The largest absolute Gasteiger partial charge is 0.481 e. The van der Waals surface area contributed by atoms with Gasteiger partial charge in [0.15, 0.2) is 5.25 Å². The van der Waals surface area contributed by atoms with E-state index in [1.807, 2.05) is 6.92 Å². The number of carbonyl (C=O) groups is 2. The monoisotopic (exact) mass is 338 g/mol. The molecule has 8 heteroatoms. The summed E-state index contributed by atoms with van der Waals surface area (Å²) >= 11 is 0. The molecule has 2 unspecified atom stereocenters. The van der Waals surface area contributed by atoms with Crippen LogP contribution in [0.2, 0.25) is 0 Å². The maximum absolute atomic E-state index is 11.9. The first-order valence-electron chi connectivity index (χ1n) is 7.60. The van der Waals surface area contributed by atoms with Gasteiger partial charge in [-0.05, 0) is 19.3 Å². The zero-order valence-corrected chi connectivity index (χ0v) is 14.0. The molecule has 22 heavy (non-hydrogen) atoms. The fourth-order valence-electron chi connectivity index (χ4n) is 2.09. The van der Waals surface area contributed by atoms with Gasteiger partial charge < -0.3 is 9.84 Å². The zero-order chi connectivity index (χ0) is 17.2. The Morgan fingerprint density at radius 1 is 1.05 bits per heavy atom. The lowest BCUT2D eigenvalue weighted by Crippen LogP contribution is -2.36. The Morgan fingerprint density at radius 3 is 2.14 bits per heavy atom. The van der Waals surface area contributed by atoms with Crippen LogP contribution in [-0.4, -0.2) is 41.4 Å². The summed E-state index contributed by atoms with van der Waals surface area (Å²) in [5, 5.41) is 6.58. The van der Waals surface area contributed by atoms with E-state index in [9.17, 15) is 18.0 Å². The van der Waals surface area contributed by atoms with E-state index in [2.05, 4.69) is 6.92 Å². The van der Waals surface area contributed by atoms with Crippen LogP contribution in [-0.2, 0) is 24.4 Å². The van der Waals surface area contributed by atoms with Gasteiger partial charge in [-0.15, -0.1) is 0 Å². The minimum absolute atomic E-state index is 0.451. The number of esters is 1. The highest BCUT2D eigenvalue weighted by atomic mass is 32.2. The molecule has 0 aromatic heterocycles. The molecular formula is C14H26O7S. The van der Waals surface area contributed by atoms with Crippen molar-refractivity contribution >= 4 is 22.1 Å². The number of hydrogen-bond acceptors (Lipinski definition) is 5. The van der Waals surface area contributed by atoms with Crippen molar-refractivity contribution in [2.75, 3.05) is 0 Å². The Kier molecular flexibility index (Phi) is 10.0. The fourth-order valence-corrected chi connectivity index (χ4v) is 2.74. The van der Waals surface area contributed by atoms with Crippen molar-refractivity contribution in [3.05, 3.63) is 0 Å². The van der Waals surface area contributed by atoms with Crippen LogP contribution >= 0.6 is 0 Å². The number of carboxylic acid groups (broad SMARTS) is 1. The SMILES string of the molecule is CCCCCCC(CCC)OC(=O)C(CC(=O)O)S(=O)(=O)O. The van der Waals surface area contributed by atoms with Gasteiger partial charge in [-0.1, -0.05) is 39.5 Å². The molecule has 0 bridgehead atoms. The molecule has 0 amide bonds. The first-order chi connectivity index (χ1) is 10.2. The van der Waals surface area contributed by atoms with Gasteiger partial charge >= 0.3 is 11.9 Å². The lowest BCUT2D eigenvalue weighted by Gasteiger charge is -2.19. The van der Waals surface area contributed by atoms with E-state index >= 15 is 0 Å². The molecule has 0 radical (unpaired) electrons. The van der Waals surface area contributed by atoms with Crippen LogP contribution < -0.4 is 0 Å². The number of aliphatic carboxylic acids is 1.